The van der Waals surface area contributed by atoms with E-state index in [9.17, 15) is 14.4 Å². The molecule has 2 unspecified atom stereocenters. The van der Waals surface area contributed by atoms with Crippen LogP contribution < -0.4 is 16.3 Å². The van der Waals surface area contributed by atoms with Gasteiger partial charge in [0, 0.05) is 20.0 Å². The Hall–Kier alpha value is -2.59. The third-order valence-electron chi connectivity index (χ3n) is 7.69. The van der Waals surface area contributed by atoms with E-state index in [0.29, 0.717) is 42.0 Å². The number of hydrogen-bond donors (Lipinski definition) is 2. The highest BCUT2D eigenvalue weighted by atomic mass is 19.3. The quantitative estimate of drug-likeness (QED) is 0.658. The second-order valence-corrected chi connectivity index (χ2v) is 9.96. The van der Waals surface area contributed by atoms with Crippen LogP contribution in [0.3, 0.4) is 0 Å². The number of halogens is 2. The molecule has 2 amide bonds. The Morgan fingerprint density at radius 1 is 1.06 bits per heavy atom. The summed E-state index contributed by atoms with van der Waals surface area (Å²) in [7, 11) is 1.58. The first-order chi connectivity index (χ1) is 16.2. The maximum Gasteiger partial charge on any atom is 0.329 e. The van der Waals surface area contributed by atoms with E-state index in [4.69, 9.17) is 0 Å². The van der Waals surface area contributed by atoms with Crippen LogP contribution in [0.2, 0.25) is 0 Å². The standard InChI is InChI=1S/C24H31F2N5O3/c1-29-20-12-16(2-3-18(20)31(23(29)34)19-4-5-21(32)28-22(19)33)17-8-11-30(14-24(17,25)26)13-15-6-9-27-10-7-15/h2-3,12,15,17,19,27H,4-11,13-14H2,1H3,(H,28,32,33). The van der Waals surface area contributed by atoms with Crippen LogP contribution in [-0.2, 0) is 16.6 Å². The summed E-state index contributed by atoms with van der Waals surface area (Å²) in [5, 5.41) is 5.60. The summed E-state index contributed by atoms with van der Waals surface area (Å²) in [6.07, 6.45) is 2.80. The molecule has 184 valence electrons. The SMILES string of the molecule is Cn1c(=O)n(C2CCC(=O)NC2=O)c2ccc(C3CCN(CC4CCNCC4)CC3(F)F)cc21. The lowest BCUT2D eigenvalue weighted by molar-refractivity contribution is -0.135. The molecule has 1 aromatic carbocycles. The van der Waals surface area contributed by atoms with Crippen LogP contribution in [0.5, 0.6) is 0 Å². The number of alkyl halides is 2. The van der Waals surface area contributed by atoms with Crippen molar-refractivity contribution < 1.29 is 18.4 Å². The number of likely N-dealkylation sites (tertiary alicyclic amines) is 1. The minimum absolute atomic E-state index is 0.152. The zero-order valence-electron chi connectivity index (χ0n) is 19.4. The Kier molecular flexibility index (Phi) is 6.05. The van der Waals surface area contributed by atoms with Gasteiger partial charge in [0.1, 0.15) is 6.04 Å². The van der Waals surface area contributed by atoms with Crippen molar-refractivity contribution in [2.45, 2.75) is 50.0 Å². The normalized spacial score (nSPS) is 26.7. The molecule has 0 radical (unpaired) electrons. The molecule has 2 N–H and O–H groups in total. The molecular formula is C24H31F2N5O3. The van der Waals surface area contributed by atoms with Gasteiger partial charge in [-0.05, 0) is 68.9 Å². The van der Waals surface area contributed by atoms with E-state index < -0.39 is 29.5 Å². The Morgan fingerprint density at radius 2 is 1.82 bits per heavy atom. The number of carbonyl (C=O) groups excluding carboxylic acids is 2. The van der Waals surface area contributed by atoms with Crippen LogP contribution in [0.15, 0.2) is 23.0 Å². The van der Waals surface area contributed by atoms with Crippen LogP contribution in [-0.4, -0.2) is 64.5 Å². The van der Waals surface area contributed by atoms with Crippen molar-refractivity contribution >= 4 is 22.8 Å². The Bertz CT molecular complexity index is 1170. The summed E-state index contributed by atoms with van der Waals surface area (Å²) < 4.78 is 33.4. The number of amides is 2. The highest BCUT2D eigenvalue weighted by Crippen LogP contribution is 2.41. The van der Waals surface area contributed by atoms with Crippen molar-refractivity contribution in [2.24, 2.45) is 13.0 Å². The number of rotatable bonds is 4. The summed E-state index contributed by atoms with van der Waals surface area (Å²) in [4.78, 5) is 38.8. The minimum Gasteiger partial charge on any atom is -0.317 e. The molecule has 3 aliphatic rings. The monoisotopic (exact) mass is 475 g/mol. The second kappa shape index (κ2) is 8.88. The number of hydrogen-bond acceptors (Lipinski definition) is 5. The van der Waals surface area contributed by atoms with E-state index in [-0.39, 0.29) is 25.3 Å². The molecule has 5 rings (SSSR count). The predicted octanol–water partition coefficient (Wildman–Crippen LogP) is 1.74. The maximum absolute atomic E-state index is 15.3. The number of nitrogens with one attached hydrogen (secondary N) is 2. The van der Waals surface area contributed by atoms with Gasteiger partial charge in [-0.2, -0.15) is 0 Å². The summed E-state index contributed by atoms with van der Waals surface area (Å²) in [5.74, 6) is -4.20. The molecule has 4 heterocycles. The summed E-state index contributed by atoms with van der Waals surface area (Å²) in [5.41, 5.74) is 1.14. The van der Waals surface area contributed by atoms with Crippen molar-refractivity contribution in [1.82, 2.24) is 24.7 Å². The minimum atomic E-state index is -2.87. The van der Waals surface area contributed by atoms with Crippen molar-refractivity contribution in [2.75, 3.05) is 32.7 Å². The first-order valence-electron chi connectivity index (χ1n) is 12.1. The molecule has 0 spiro atoms. The van der Waals surface area contributed by atoms with Gasteiger partial charge in [0.25, 0.3) is 5.92 Å². The summed E-state index contributed by atoms with van der Waals surface area (Å²) >= 11 is 0. The third-order valence-corrected chi connectivity index (χ3v) is 7.69. The number of imide groups is 1. The molecule has 10 heteroatoms. The predicted molar refractivity (Wildman–Crippen MR) is 123 cm³/mol. The smallest absolute Gasteiger partial charge is 0.317 e. The maximum atomic E-state index is 15.3. The van der Waals surface area contributed by atoms with Crippen molar-refractivity contribution in [3.63, 3.8) is 0 Å². The van der Waals surface area contributed by atoms with Gasteiger partial charge < -0.3 is 5.32 Å². The highest BCUT2D eigenvalue weighted by molar-refractivity contribution is 6.00. The zero-order chi connectivity index (χ0) is 24.0. The van der Waals surface area contributed by atoms with Gasteiger partial charge in [-0.15, -0.1) is 0 Å². The molecule has 3 saturated heterocycles. The summed E-state index contributed by atoms with van der Waals surface area (Å²) in [6.45, 7) is 2.99. The molecule has 3 aliphatic heterocycles. The van der Waals surface area contributed by atoms with Crippen molar-refractivity contribution in [1.29, 1.82) is 0 Å². The van der Waals surface area contributed by atoms with Gasteiger partial charge in [-0.1, -0.05) is 6.07 Å². The zero-order valence-corrected chi connectivity index (χ0v) is 19.4. The van der Waals surface area contributed by atoms with E-state index in [1.165, 1.54) is 9.13 Å². The number of nitrogens with zero attached hydrogens (tertiary/aromatic N) is 3. The topological polar surface area (TPSA) is 88.4 Å². The number of fused-ring (bicyclic) bond motifs is 1. The van der Waals surface area contributed by atoms with Gasteiger partial charge in [-0.3, -0.25) is 28.9 Å². The Labute approximate surface area is 196 Å². The van der Waals surface area contributed by atoms with Gasteiger partial charge in [0.2, 0.25) is 11.8 Å². The fourth-order valence-corrected chi connectivity index (χ4v) is 5.83. The van der Waals surface area contributed by atoms with Gasteiger partial charge in [0.05, 0.1) is 23.5 Å². The average molecular weight is 476 g/mol. The molecular weight excluding hydrogens is 444 g/mol. The Morgan fingerprint density at radius 3 is 2.53 bits per heavy atom. The van der Waals surface area contributed by atoms with E-state index >= 15 is 8.78 Å². The number of aromatic nitrogens is 2. The van der Waals surface area contributed by atoms with Crippen molar-refractivity contribution in [3.8, 4) is 0 Å². The number of imidazole rings is 1. The lowest BCUT2D eigenvalue weighted by Crippen LogP contribution is -2.49. The highest BCUT2D eigenvalue weighted by Gasteiger charge is 2.45. The molecule has 1 aromatic heterocycles. The Balaban J connectivity index is 1.39. The molecule has 0 bridgehead atoms. The lowest BCUT2D eigenvalue weighted by atomic mass is 9.85. The van der Waals surface area contributed by atoms with Gasteiger partial charge >= 0.3 is 5.69 Å². The molecule has 34 heavy (non-hydrogen) atoms. The third kappa shape index (κ3) is 4.17. The van der Waals surface area contributed by atoms with Crippen LogP contribution in [0.1, 0.15) is 49.6 Å². The van der Waals surface area contributed by atoms with Crippen molar-refractivity contribution in [3.05, 3.63) is 34.2 Å². The van der Waals surface area contributed by atoms with Gasteiger partial charge in [0.15, 0.2) is 0 Å². The molecule has 0 saturated carbocycles. The second-order valence-electron chi connectivity index (χ2n) is 9.96. The van der Waals surface area contributed by atoms with E-state index in [0.717, 1.165) is 25.9 Å². The lowest BCUT2D eigenvalue weighted by Gasteiger charge is -2.40. The largest absolute Gasteiger partial charge is 0.329 e. The number of benzene rings is 1. The number of carbonyl (C=O) groups is 2. The molecule has 8 nitrogen and oxygen atoms in total. The van der Waals surface area contributed by atoms with Crippen LogP contribution in [0.4, 0.5) is 8.78 Å². The fourth-order valence-electron chi connectivity index (χ4n) is 5.83. The average Bonchev–Trinajstić information content (AvgIpc) is 3.04. The first-order valence-corrected chi connectivity index (χ1v) is 12.1. The van der Waals surface area contributed by atoms with Crippen LogP contribution in [0.25, 0.3) is 11.0 Å². The molecule has 0 aliphatic carbocycles. The first kappa shape index (κ1) is 23.2. The summed E-state index contributed by atoms with van der Waals surface area (Å²) in [6, 6.07) is 4.19. The van der Waals surface area contributed by atoms with E-state index in [1.54, 1.807) is 25.2 Å². The number of piperidine rings is 3. The number of aryl methyl sites for hydroxylation is 1. The van der Waals surface area contributed by atoms with E-state index in [1.807, 2.05) is 4.90 Å². The van der Waals surface area contributed by atoms with Gasteiger partial charge in [-0.25, -0.2) is 13.6 Å². The fraction of sp³-hybridized carbons (Fsp3) is 0.625. The molecule has 2 atom stereocenters. The molecule has 3 fully saturated rings. The van der Waals surface area contributed by atoms with Crippen LogP contribution in [0, 0.1) is 5.92 Å². The molecule has 2 aromatic rings. The van der Waals surface area contributed by atoms with E-state index in [2.05, 4.69) is 10.6 Å². The van der Waals surface area contributed by atoms with Crippen LogP contribution >= 0.6 is 0 Å².